The van der Waals surface area contributed by atoms with Gasteiger partial charge in [-0.1, -0.05) is 45.7 Å². The number of fused-ring (bicyclic) bond motifs is 1. The first-order valence-corrected chi connectivity index (χ1v) is 17.8. The summed E-state index contributed by atoms with van der Waals surface area (Å²) in [7, 11) is -1.98. The van der Waals surface area contributed by atoms with Crippen LogP contribution in [0.2, 0.25) is 18.1 Å². The third-order valence-corrected chi connectivity index (χ3v) is 13.6. The molecule has 4 aromatic rings. The minimum absolute atomic E-state index is 0.142. The Morgan fingerprint density at radius 2 is 1.76 bits per heavy atom. The van der Waals surface area contributed by atoms with Gasteiger partial charge in [0.15, 0.2) is 14.1 Å². The van der Waals surface area contributed by atoms with Crippen LogP contribution in [0.1, 0.15) is 82.4 Å². The first-order valence-electron chi connectivity index (χ1n) is 14.9. The molecule has 2 saturated carbocycles. The lowest BCUT2D eigenvalue weighted by atomic mass is 9.92. The van der Waals surface area contributed by atoms with Gasteiger partial charge in [-0.05, 0) is 91.7 Å². The van der Waals surface area contributed by atoms with Crippen LogP contribution in [0.4, 0.5) is 11.6 Å². The molecule has 0 unspecified atom stereocenters. The summed E-state index contributed by atoms with van der Waals surface area (Å²) in [6.45, 7) is 11.7. The van der Waals surface area contributed by atoms with Crippen LogP contribution >= 0.6 is 0 Å². The molecule has 0 aliphatic heterocycles. The third kappa shape index (κ3) is 5.66. The van der Waals surface area contributed by atoms with Crippen molar-refractivity contribution in [1.29, 1.82) is 5.26 Å². The Morgan fingerprint density at radius 3 is 2.51 bits per heavy atom. The summed E-state index contributed by atoms with van der Waals surface area (Å²) >= 11 is 0. The lowest BCUT2D eigenvalue weighted by molar-refractivity contribution is 0.0869. The molecule has 8 heteroatoms. The van der Waals surface area contributed by atoms with Crippen LogP contribution in [0.5, 0.6) is 0 Å². The average Bonchev–Trinajstić information content (AvgIpc) is 3.73. The zero-order valence-corrected chi connectivity index (χ0v) is 25.8. The molecule has 7 nitrogen and oxygen atoms in total. The van der Waals surface area contributed by atoms with Gasteiger partial charge in [0.05, 0.1) is 34.8 Å². The maximum absolute atomic E-state index is 9.37. The Balaban J connectivity index is 1.46. The Hall–Kier alpha value is -3.54. The van der Waals surface area contributed by atoms with Crippen LogP contribution in [-0.4, -0.2) is 33.9 Å². The fraction of sp³-hybridized carbons (Fsp3) is 0.455. The van der Waals surface area contributed by atoms with Crippen LogP contribution in [0.25, 0.3) is 22.6 Å². The molecule has 2 aliphatic rings. The van der Waals surface area contributed by atoms with E-state index in [0.29, 0.717) is 17.3 Å². The summed E-state index contributed by atoms with van der Waals surface area (Å²) < 4.78 is 9.57. The fourth-order valence-corrected chi connectivity index (χ4v) is 7.09. The second-order valence-electron chi connectivity index (χ2n) is 13.2. The number of rotatable bonds is 7. The number of nitrogens with zero attached hydrogens (tertiary/aromatic N) is 5. The van der Waals surface area contributed by atoms with Crippen LogP contribution in [0, 0.1) is 11.3 Å². The van der Waals surface area contributed by atoms with E-state index in [1.807, 2.05) is 0 Å². The molecule has 0 amide bonds. The topological polar surface area (TPSA) is 88.6 Å². The molecule has 6 rings (SSSR count). The quantitative estimate of drug-likeness (QED) is 0.226. The number of imidazole rings is 1. The van der Waals surface area contributed by atoms with Gasteiger partial charge in [0.2, 0.25) is 0 Å². The molecule has 2 atom stereocenters. The van der Waals surface area contributed by atoms with E-state index in [1.165, 1.54) is 31.2 Å². The molecular formula is C33H40N6OSi. The Labute approximate surface area is 244 Å². The number of nitrogens with one attached hydrogen (secondary N) is 1. The second-order valence-corrected chi connectivity index (χ2v) is 17.9. The first-order chi connectivity index (χ1) is 19.6. The van der Waals surface area contributed by atoms with Gasteiger partial charge in [-0.15, -0.1) is 0 Å². The molecule has 212 valence electrons. The summed E-state index contributed by atoms with van der Waals surface area (Å²) in [6.07, 6.45) is 8.66. The highest BCUT2D eigenvalue weighted by Crippen LogP contribution is 2.45. The fourth-order valence-electron chi connectivity index (χ4n) is 5.71. The van der Waals surface area contributed by atoms with Gasteiger partial charge in [0, 0.05) is 6.20 Å². The van der Waals surface area contributed by atoms with Crippen molar-refractivity contribution in [2.24, 2.45) is 0 Å². The maximum Gasteiger partial charge on any atom is 0.192 e. The Morgan fingerprint density at radius 1 is 0.976 bits per heavy atom. The van der Waals surface area contributed by atoms with Gasteiger partial charge in [0.1, 0.15) is 17.3 Å². The van der Waals surface area contributed by atoms with E-state index >= 15 is 0 Å². The predicted octanol–water partition coefficient (Wildman–Crippen LogP) is 8.49. The number of hydrogen-bond acceptors (Lipinski definition) is 6. The zero-order chi connectivity index (χ0) is 28.8. The van der Waals surface area contributed by atoms with Crippen molar-refractivity contribution in [3.8, 4) is 17.6 Å². The normalized spacial score (nSPS) is 19.7. The van der Waals surface area contributed by atoms with Crippen molar-refractivity contribution in [2.45, 2.75) is 95.5 Å². The van der Waals surface area contributed by atoms with E-state index in [0.717, 1.165) is 41.2 Å². The summed E-state index contributed by atoms with van der Waals surface area (Å²) in [6, 6.07) is 18.6. The number of hydrogen-bond donors (Lipinski definition) is 1. The molecule has 0 spiro atoms. The second kappa shape index (κ2) is 10.7. The lowest BCUT2D eigenvalue weighted by Gasteiger charge is -2.43. The zero-order valence-electron chi connectivity index (χ0n) is 24.8. The number of para-hydroxylation sites is 2. The van der Waals surface area contributed by atoms with E-state index in [9.17, 15) is 5.26 Å². The minimum Gasteiger partial charge on any atom is -0.412 e. The van der Waals surface area contributed by atoms with E-state index in [4.69, 9.17) is 14.4 Å². The van der Waals surface area contributed by atoms with Crippen molar-refractivity contribution in [3.63, 3.8) is 0 Å². The molecule has 1 N–H and O–H groups in total. The standard InChI is InChI=1S/C33H40N6OSi/c1-33(2,3)41(4,5)40-29-13-9-8-12-28(29)39-27-11-7-6-10-25(27)37-32(39)26-19-24(23-14-15-23)20-31(36-26)38-30-18-22(21-34)16-17-35-30/h6-7,10-11,16-20,23,28-29H,8-9,12-15H2,1-5H3,(H,35,36,38)/t28-,29-/m0/s1. The summed E-state index contributed by atoms with van der Waals surface area (Å²) in [4.78, 5) is 14.7. The number of pyridine rings is 2. The number of benzene rings is 1. The lowest BCUT2D eigenvalue weighted by Crippen LogP contribution is -2.47. The van der Waals surface area contributed by atoms with Crippen molar-refractivity contribution in [1.82, 2.24) is 19.5 Å². The van der Waals surface area contributed by atoms with Gasteiger partial charge in [-0.2, -0.15) is 5.26 Å². The molecular weight excluding hydrogens is 524 g/mol. The van der Waals surface area contributed by atoms with Gasteiger partial charge >= 0.3 is 0 Å². The average molecular weight is 565 g/mol. The van der Waals surface area contributed by atoms with Crippen LogP contribution in [0.15, 0.2) is 54.7 Å². The van der Waals surface area contributed by atoms with E-state index in [2.05, 4.69) is 91.2 Å². The van der Waals surface area contributed by atoms with Crippen LogP contribution in [0.3, 0.4) is 0 Å². The largest absolute Gasteiger partial charge is 0.412 e. The summed E-state index contributed by atoms with van der Waals surface area (Å²) in [5.41, 5.74) is 4.81. The number of nitriles is 1. The molecule has 2 aliphatic carbocycles. The van der Waals surface area contributed by atoms with Gasteiger partial charge in [-0.25, -0.2) is 15.0 Å². The Bertz CT molecular complexity index is 1610. The number of anilines is 2. The van der Waals surface area contributed by atoms with Gasteiger partial charge in [0.25, 0.3) is 0 Å². The highest BCUT2D eigenvalue weighted by Gasteiger charge is 2.42. The SMILES string of the molecule is CC(C)(C)[Si](C)(C)O[C@H]1CCCC[C@@H]1n1c(-c2cc(C3CC3)cc(Nc3cc(C#N)ccn3)n2)nc2ccccc21. The van der Waals surface area contributed by atoms with E-state index in [-0.39, 0.29) is 17.2 Å². The van der Waals surface area contributed by atoms with Crippen molar-refractivity contribution in [2.75, 3.05) is 5.32 Å². The molecule has 0 bridgehead atoms. The Kier molecular flexibility index (Phi) is 7.21. The molecule has 3 heterocycles. The minimum atomic E-state index is -1.98. The van der Waals surface area contributed by atoms with E-state index in [1.54, 1.807) is 18.3 Å². The van der Waals surface area contributed by atoms with Gasteiger partial charge in [-0.3, -0.25) is 0 Å². The molecule has 3 aromatic heterocycles. The molecule has 1 aromatic carbocycles. The molecule has 0 saturated heterocycles. The predicted molar refractivity (Wildman–Crippen MR) is 167 cm³/mol. The summed E-state index contributed by atoms with van der Waals surface area (Å²) in [5, 5.41) is 12.9. The van der Waals surface area contributed by atoms with Gasteiger partial charge < -0.3 is 14.3 Å². The van der Waals surface area contributed by atoms with Crippen LogP contribution < -0.4 is 5.32 Å². The molecule has 2 fully saturated rings. The van der Waals surface area contributed by atoms with Crippen LogP contribution in [-0.2, 0) is 4.43 Å². The molecule has 41 heavy (non-hydrogen) atoms. The first kappa shape index (κ1) is 27.6. The highest BCUT2D eigenvalue weighted by atomic mass is 28.4. The van der Waals surface area contributed by atoms with E-state index < -0.39 is 8.32 Å². The monoisotopic (exact) mass is 564 g/mol. The highest BCUT2D eigenvalue weighted by molar-refractivity contribution is 6.74. The summed E-state index contributed by atoms with van der Waals surface area (Å²) in [5.74, 6) is 2.77. The maximum atomic E-state index is 9.37. The van der Waals surface area contributed by atoms with Crippen molar-refractivity contribution in [3.05, 3.63) is 65.9 Å². The third-order valence-electron chi connectivity index (χ3n) is 9.12. The number of aromatic nitrogens is 4. The molecule has 0 radical (unpaired) electrons. The van der Waals surface area contributed by atoms with Crippen molar-refractivity contribution < 1.29 is 4.43 Å². The smallest absolute Gasteiger partial charge is 0.192 e. The van der Waals surface area contributed by atoms with Crippen molar-refractivity contribution >= 4 is 31.0 Å².